The Morgan fingerprint density at radius 2 is 2.03 bits per heavy atom. The molecule has 0 unspecified atom stereocenters. The number of hydrogen-bond donors (Lipinski definition) is 1. The molecule has 2 aromatic carbocycles. The third kappa shape index (κ3) is 4.97. The Morgan fingerprint density at radius 3 is 2.74 bits per heavy atom. The van der Waals surface area contributed by atoms with E-state index in [4.69, 9.17) is 25.8 Å². The zero-order valence-electron chi connectivity index (χ0n) is 17.9. The van der Waals surface area contributed by atoms with Gasteiger partial charge in [0.15, 0.2) is 5.78 Å². The van der Waals surface area contributed by atoms with Crippen molar-refractivity contribution in [2.75, 3.05) is 33.4 Å². The number of methoxy groups -OCH3 is 1. The number of carbonyl (C=O) groups excluding carboxylic acids is 1. The number of ether oxygens (including phenoxy) is 3. The molecule has 7 heteroatoms. The predicted octanol–water partition coefficient (Wildman–Crippen LogP) is 3.76. The third-order valence-electron chi connectivity index (χ3n) is 6.10. The van der Waals surface area contributed by atoms with E-state index in [-0.39, 0.29) is 18.0 Å². The highest BCUT2D eigenvalue weighted by Crippen LogP contribution is 2.41. The lowest BCUT2D eigenvalue weighted by Crippen LogP contribution is -2.49. The summed E-state index contributed by atoms with van der Waals surface area (Å²) >= 11 is 6.12. The highest BCUT2D eigenvalue weighted by atomic mass is 35.5. The molecule has 0 radical (unpaired) electrons. The van der Waals surface area contributed by atoms with Gasteiger partial charge in [0.25, 0.3) is 0 Å². The van der Waals surface area contributed by atoms with Gasteiger partial charge < -0.3 is 24.2 Å². The van der Waals surface area contributed by atoms with Crippen molar-refractivity contribution in [3.63, 3.8) is 0 Å². The van der Waals surface area contributed by atoms with Crippen LogP contribution < -0.4 is 14.2 Å². The fourth-order valence-electron chi connectivity index (χ4n) is 4.40. The van der Waals surface area contributed by atoms with E-state index in [2.05, 4.69) is 4.90 Å². The summed E-state index contributed by atoms with van der Waals surface area (Å²) < 4.78 is 17.2. The summed E-state index contributed by atoms with van der Waals surface area (Å²) in [6.07, 6.45) is 2.03. The van der Waals surface area contributed by atoms with Gasteiger partial charge in [-0.2, -0.15) is 0 Å². The van der Waals surface area contributed by atoms with Gasteiger partial charge >= 0.3 is 0 Å². The van der Waals surface area contributed by atoms with E-state index in [0.717, 1.165) is 43.1 Å². The average Bonchev–Trinajstić information content (AvgIpc) is 3.10. The van der Waals surface area contributed by atoms with Crippen LogP contribution in [0.25, 0.3) is 0 Å². The van der Waals surface area contributed by atoms with E-state index in [9.17, 15) is 9.90 Å². The molecule has 1 spiro atoms. The van der Waals surface area contributed by atoms with Crippen LogP contribution >= 0.6 is 11.6 Å². The molecule has 1 N–H and O–H groups in total. The number of nitrogens with zero attached hydrogens (tertiary/aromatic N) is 1. The highest BCUT2D eigenvalue weighted by Gasteiger charge is 2.42. The normalized spacial score (nSPS) is 18.3. The molecular formula is C24H28ClNO5. The topological polar surface area (TPSA) is 68.2 Å². The molecular weight excluding hydrogens is 418 g/mol. The molecule has 2 aliphatic rings. The molecule has 1 fully saturated rings. The molecule has 2 aromatic rings. The third-order valence-corrected chi connectivity index (χ3v) is 6.33. The molecule has 0 amide bonds. The lowest BCUT2D eigenvalue weighted by molar-refractivity contribution is -0.00199. The summed E-state index contributed by atoms with van der Waals surface area (Å²) in [5.74, 6) is 1.88. The van der Waals surface area contributed by atoms with Gasteiger partial charge in [0, 0.05) is 43.9 Å². The van der Waals surface area contributed by atoms with Crippen molar-refractivity contribution in [3.05, 3.63) is 52.5 Å². The summed E-state index contributed by atoms with van der Waals surface area (Å²) in [6, 6.07) is 10.9. The Morgan fingerprint density at radius 1 is 1.26 bits per heavy atom. The maximum absolute atomic E-state index is 11.9. The number of likely N-dealkylation sites (tertiary alicyclic amines) is 1. The van der Waals surface area contributed by atoms with Gasteiger partial charge in [-0.05, 0) is 48.9 Å². The van der Waals surface area contributed by atoms with Crippen LogP contribution in [0.15, 0.2) is 36.4 Å². The SMILES string of the molecule is COc1ccc(OC[C@H](O)CN2CCC3(CC2)Cc2cc(Cl)ccc2O3)c(C(C)=O)c1. The van der Waals surface area contributed by atoms with Crippen LogP contribution in [0.4, 0.5) is 0 Å². The van der Waals surface area contributed by atoms with E-state index in [0.29, 0.717) is 23.6 Å². The van der Waals surface area contributed by atoms with Gasteiger partial charge in [-0.15, -0.1) is 0 Å². The second kappa shape index (κ2) is 9.07. The highest BCUT2D eigenvalue weighted by molar-refractivity contribution is 6.30. The molecule has 0 aromatic heterocycles. The van der Waals surface area contributed by atoms with Gasteiger partial charge in [-0.3, -0.25) is 4.79 Å². The van der Waals surface area contributed by atoms with Crippen molar-refractivity contribution in [3.8, 4) is 17.2 Å². The minimum absolute atomic E-state index is 0.108. The molecule has 6 nitrogen and oxygen atoms in total. The summed E-state index contributed by atoms with van der Waals surface area (Å²) in [6.45, 7) is 3.81. The lowest BCUT2D eigenvalue weighted by atomic mass is 9.87. The van der Waals surface area contributed by atoms with Gasteiger partial charge in [-0.1, -0.05) is 11.6 Å². The molecule has 1 atom stereocenters. The summed E-state index contributed by atoms with van der Waals surface area (Å²) in [5.41, 5.74) is 1.46. The summed E-state index contributed by atoms with van der Waals surface area (Å²) in [5, 5.41) is 11.2. The van der Waals surface area contributed by atoms with Gasteiger partial charge in [0.05, 0.1) is 12.7 Å². The zero-order chi connectivity index (χ0) is 22.0. The monoisotopic (exact) mass is 445 g/mol. The first-order valence-electron chi connectivity index (χ1n) is 10.6. The van der Waals surface area contributed by atoms with Crippen LogP contribution in [0.3, 0.4) is 0 Å². The number of fused-ring (bicyclic) bond motifs is 1. The van der Waals surface area contributed by atoms with Crippen LogP contribution in [0.1, 0.15) is 35.7 Å². The average molecular weight is 446 g/mol. The van der Waals surface area contributed by atoms with Crippen molar-refractivity contribution >= 4 is 17.4 Å². The standard InChI is InChI=1S/C24H28ClNO5/c1-16(27)21-12-20(29-2)4-6-23(21)30-15-19(28)14-26-9-7-24(8-10-26)13-17-11-18(25)3-5-22(17)31-24/h3-6,11-12,19,28H,7-10,13-15H2,1-2H3/t19-/m1/s1. The van der Waals surface area contributed by atoms with Gasteiger partial charge in [0.1, 0.15) is 35.6 Å². The number of rotatable bonds is 7. The Labute approximate surface area is 187 Å². The van der Waals surface area contributed by atoms with Crippen molar-refractivity contribution < 1.29 is 24.1 Å². The van der Waals surface area contributed by atoms with Crippen LogP contribution in [-0.4, -0.2) is 60.8 Å². The van der Waals surface area contributed by atoms with Crippen molar-refractivity contribution in [2.24, 2.45) is 0 Å². The van der Waals surface area contributed by atoms with E-state index in [1.807, 2.05) is 18.2 Å². The summed E-state index contributed by atoms with van der Waals surface area (Å²) in [7, 11) is 1.55. The smallest absolute Gasteiger partial charge is 0.163 e. The largest absolute Gasteiger partial charge is 0.497 e. The molecule has 0 bridgehead atoms. The molecule has 31 heavy (non-hydrogen) atoms. The van der Waals surface area contributed by atoms with Gasteiger partial charge in [-0.25, -0.2) is 0 Å². The number of aliphatic hydroxyl groups excluding tert-OH is 1. The van der Waals surface area contributed by atoms with Crippen LogP contribution in [-0.2, 0) is 6.42 Å². The van der Waals surface area contributed by atoms with Crippen LogP contribution in [0.5, 0.6) is 17.2 Å². The second-order valence-electron chi connectivity index (χ2n) is 8.40. The van der Waals surface area contributed by atoms with E-state index in [1.54, 1.807) is 25.3 Å². The first-order chi connectivity index (χ1) is 14.9. The number of hydrogen-bond acceptors (Lipinski definition) is 6. The Balaban J connectivity index is 1.28. The number of aliphatic hydroxyl groups is 1. The number of benzene rings is 2. The quantitative estimate of drug-likeness (QED) is 0.654. The fraction of sp³-hybridized carbons (Fsp3) is 0.458. The minimum Gasteiger partial charge on any atom is -0.497 e. The lowest BCUT2D eigenvalue weighted by Gasteiger charge is -2.39. The first kappa shape index (κ1) is 21.9. The van der Waals surface area contributed by atoms with Crippen LogP contribution in [0, 0.1) is 0 Å². The molecule has 166 valence electrons. The second-order valence-corrected chi connectivity index (χ2v) is 8.83. The van der Waals surface area contributed by atoms with E-state index in [1.165, 1.54) is 12.5 Å². The Hall–Kier alpha value is -2.28. The predicted molar refractivity (Wildman–Crippen MR) is 119 cm³/mol. The first-order valence-corrected chi connectivity index (χ1v) is 10.9. The Bertz CT molecular complexity index is 955. The Kier molecular flexibility index (Phi) is 6.42. The van der Waals surface area contributed by atoms with Crippen LogP contribution in [0.2, 0.25) is 5.02 Å². The molecule has 2 heterocycles. The van der Waals surface area contributed by atoms with Crippen molar-refractivity contribution in [2.45, 2.75) is 37.9 Å². The molecule has 0 saturated carbocycles. The number of Topliss-reactive ketones (excluding diaryl/α,β-unsaturated/α-hetero) is 1. The maximum atomic E-state index is 11.9. The van der Waals surface area contributed by atoms with Crippen molar-refractivity contribution in [1.29, 1.82) is 0 Å². The fourth-order valence-corrected chi connectivity index (χ4v) is 4.59. The van der Waals surface area contributed by atoms with E-state index < -0.39 is 6.10 Å². The molecule has 4 rings (SSSR count). The number of β-amino-alcohol motifs (C(OH)–C–C–N with tert-alkyl or cyclic N) is 1. The number of halogens is 1. The number of ketones is 1. The molecule has 0 aliphatic carbocycles. The van der Waals surface area contributed by atoms with Gasteiger partial charge in [0.2, 0.25) is 0 Å². The number of carbonyl (C=O) groups is 1. The summed E-state index contributed by atoms with van der Waals surface area (Å²) in [4.78, 5) is 14.1. The van der Waals surface area contributed by atoms with E-state index >= 15 is 0 Å². The van der Waals surface area contributed by atoms with Crippen molar-refractivity contribution in [1.82, 2.24) is 4.90 Å². The maximum Gasteiger partial charge on any atom is 0.163 e. The number of piperidine rings is 1. The zero-order valence-corrected chi connectivity index (χ0v) is 18.7. The molecule has 2 aliphatic heterocycles. The molecule has 1 saturated heterocycles. The minimum atomic E-state index is -0.656.